The number of rotatable bonds is 1. The number of aliphatic hydroxyl groups excluding tert-OH is 3. The van der Waals surface area contributed by atoms with Gasteiger partial charge in [0.2, 0.25) is 0 Å². The second kappa shape index (κ2) is 5.15. The molecule has 3 saturated carbocycles. The minimum Gasteiger partial charge on any atom is -0.509 e. The minimum absolute atomic E-state index is 0.0987. The van der Waals surface area contributed by atoms with Crippen molar-refractivity contribution in [3.8, 4) is 0 Å². The number of fused-ring (bicyclic) bond motifs is 5. The molecular weight excluding hydrogens is 308 g/mol. The average molecular weight is 334 g/mol. The van der Waals surface area contributed by atoms with Crippen LogP contribution in [-0.2, 0) is 9.59 Å². The summed E-state index contributed by atoms with van der Waals surface area (Å²) in [7, 11) is 0. The van der Waals surface area contributed by atoms with E-state index in [1.807, 2.05) is 6.92 Å². The van der Waals surface area contributed by atoms with E-state index in [1.165, 1.54) is 0 Å². The van der Waals surface area contributed by atoms with E-state index in [-0.39, 0.29) is 46.9 Å². The van der Waals surface area contributed by atoms with Crippen LogP contribution in [-0.4, -0.2) is 39.6 Å². The Bertz CT molecular complexity index is 638. The number of Topliss-reactive ketones (excluding diaryl/α,β-unsaturated/α-hetero) is 2. The molecule has 132 valence electrons. The van der Waals surface area contributed by atoms with Crippen molar-refractivity contribution in [3.05, 3.63) is 11.3 Å². The molecular formula is C19H26O5. The summed E-state index contributed by atoms with van der Waals surface area (Å²) in [5.74, 6) is 0.349. The number of ketones is 2. The van der Waals surface area contributed by atoms with Gasteiger partial charge in [0.05, 0.1) is 6.61 Å². The van der Waals surface area contributed by atoms with Crippen LogP contribution in [0.3, 0.4) is 0 Å². The molecule has 0 amide bonds. The molecule has 24 heavy (non-hydrogen) atoms. The zero-order chi connectivity index (χ0) is 17.3. The first kappa shape index (κ1) is 16.3. The predicted octanol–water partition coefficient (Wildman–Crippen LogP) is 1.92. The summed E-state index contributed by atoms with van der Waals surface area (Å²) in [5, 5.41) is 30.6. The molecule has 0 spiro atoms. The molecule has 0 unspecified atom stereocenters. The van der Waals surface area contributed by atoms with Crippen molar-refractivity contribution in [1.82, 2.24) is 0 Å². The van der Waals surface area contributed by atoms with E-state index in [1.54, 1.807) is 0 Å². The van der Waals surface area contributed by atoms with E-state index in [0.717, 1.165) is 19.3 Å². The van der Waals surface area contributed by atoms with Gasteiger partial charge in [-0.3, -0.25) is 9.59 Å². The van der Waals surface area contributed by atoms with Gasteiger partial charge in [-0.05, 0) is 49.9 Å². The molecule has 5 nitrogen and oxygen atoms in total. The van der Waals surface area contributed by atoms with Gasteiger partial charge >= 0.3 is 0 Å². The van der Waals surface area contributed by atoms with Gasteiger partial charge in [-0.1, -0.05) is 6.92 Å². The highest BCUT2D eigenvalue weighted by atomic mass is 16.3. The lowest BCUT2D eigenvalue weighted by Crippen LogP contribution is -2.56. The Morgan fingerprint density at radius 3 is 2.58 bits per heavy atom. The van der Waals surface area contributed by atoms with E-state index in [2.05, 4.69) is 0 Å². The van der Waals surface area contributed by atoms with Crippen molar-refractivity contribution in [2.45, 2.75) is 58.0 Å². The summed E-state index contributed by atoms with van der Waals surface area (Å²) >= 11 is 0. The molecule has 4 rings (SSSR count). The third-order valence-electron chi connectivity index (χ3n) is 7.77. The first-order valence-electron chi connectivity index (χ1n) is 9.14. The monoisotopic (exact) mass is 334 g/mol. The highest BCUT2D eigenvalue weighted by molar-refractivity contribution is 5.99. The number of aliphatic hydroxyl groups is 3. The predicted molar refractivity (Wildman–Crippen MR) is 86.1 cm³/mol. The van der Waals surface area contributed by atoms with Crippen LogP contribution in [0.2, 0.25) is 0 Å². The molecule has 0 aromatic carbocycles. The van der Waals surface area contributed by atoms with Crippen molar-refractivity contribution in [2.24, 2.45) is 28.6 Å². The number of carbonyl (C=O) groups excluding carboxylic acids is 2. The lowest BCUT2D eigenvalue weighted by molar-refractivity contribution is -0.141. The zero-order valence-corrected chi connectivity index (χ0v) is 14.1. The molecule has 0 aliphatic heterocycles. The molecule has 4 aliphatic rings. The zero-order valence-electron chi connectivity index (χ0n) is 14.1. The number of hydrogen-bond donors (Lipinski definition) is 3. The van der Waals surface area contributed by atoms with Gasteiger partial charge in [-0.2, -0.15) is 0 Å². The minimum atomic E-state index is -0.998. The van der Waals surface area contributed by atoms with Crippen molar-refractivity contribution in [2.75, 3.05) is 6.61 Å². The van der Waals surface area contributed by atoms with Crippen molar-refractivity contribution in [1.29, 1.82) is 0 Å². The lowest BCUT2D eigenvalue weighted by Gasteiger charge is -2.57. The van der Waals surface area contributed by atoms with E-state index < -0.39 is 11.5 Å². The third-order valence-corrected chi connectivity index (χ3v) is 7.77. The molecule has 0 aromatic rings. The average Bonchev–Trinajstić information content (AvgIpc) is 2.86. The van der Waals surface area contributed by atoms with Crippen LogP contribution in [0.15, 0.2) is 11.3 Å². The lowest BCUT2D eigenvalue weighted by atomic mass is 9.46. The Morgan fingerprint density at radius 2 is 1.88 bits per heavy atom. The van der Waals surface area contributed by atoms with E-state index >= 15 is 0 Å². The fourth-order valence-corrected chi connectivity index (χ4v) is 6.49. The molecule has 0 aromatic heterocycles. The number of carbonyl (C=O) groups is 2. The fourth-order valence-electron chi connectivity index (χ4n) is 6.49. The van der Waals surface area contributed by atoms with Gasteiger partial charge in [0.15, 0.2) is 5.78 Å². The maximum absolute atomic E-state index is 12.9. The highest BCUT2D eigenvalue weighted by Gasteiger charge is 2.62. The van der Waals surface area contributed by atoms with Gasteiger partial charge in [0, 0.05) is 29.2 Å². The molecule has 6 atom stereocenters. The summed E-state index contributed by atoms with van der Waals surface area (Å²) in [5.41, 5.74) is -0.788. The maximum Gasteiger partial charge on any atom is 0.163 e. The Hall–Kier alpha value is -1.20. The molecule has 0 heterocycles. The maximum atomic E-state index is 12.9. The van der Waals surface area contributed by atoms with Gasteiger partial charge in [-0.15, -0.1) is 0 Å². The van der Waals surface area contributed by atoms with Gasteiger partial charge in [-0.25, -0.2) is 0 Å². The summed E-state index contributed by atoms with van der Waals surface area (Å²) < 4.78 is 0. The first-order chi connectivity index (χ1) is 11.3. The normalized spacial score (nSPS) is 48.1. The first-order valence-corrected chi connectivity index (χ1v) is 9.14. The summed E-state index contributed by atoms with van der Waals surface area (Å²) in [6, 6.07) is 0. The topological polar surface area (TPSA) is 94.8 Å². The van der Waals surface area contributed by atoms with Crippen LogP contribution in [0.4, 0.5) is 0 Å². The van der Waals surface area contributed by atoms with Gasteiger partial charge in [0.1, 0.15) is 17.6 Å². The van der Waals surface area contributed by atoms with Gasteiger partial charge in [0.25, 0.3) is 0 Å². The Kier molecular flexibility index (Phi) is 3.49. The fraction of sp³-hybridized carbons (Fsp3) is 0.789. The molecule has 3 fully saturated rings. The van der Waals surface area contributed by atoms with Crippen LogP contribution in [0.5, 0.6) is 0 Å². The smallest absolute Gasteiger partial charge is 0.163 e. The standard InChI is InChI=1S/C19H26O5/c1-18-6-4-12-10(11(18)2-3-15(18)23)8-14(22)16-17(24)13(21)5-7-19(12,16)9-20/h10-13,20-21,24H,2-9H2,1H3/t10-,11-,12-,13-,18-,19-/m0/s1. The van der Waals surface area contributed by atoms with Crippen molar-refractivity contribution < 1.29 is 24.9 Å². The van der Waals surface area contributed by atoms with Crippen molar-refractivity contribution in [3.63, 3.8) is 0 Å². The quantitative estimate of drug-likeness (QED) is 0.681. The highest BCUT2D eigenvalue weighted by Crippen LogP contribution is 2.64. The van der Waals surface area contributed by atoms with Crippen LogP contribution in [0.25, 0.3) is 0 Å². The van der Waals surface area contributed by atoms with Crippen LogP contribution in [0.1, 0.15) is 51.9 Å². The second-order valence-corrected chi connectivity index (χ2v) is 8.55. The molecule has 0 bridgehead atoms. The summed E-state index contributed by atoms with van der Waals surface area (Å²) in [4.78, 5) is 25.2. The molecule has 4 aliphatic carbocycles. The Labute approximate surface area is 141 Å². The third kappa shape index (κ3) is 1.83. The Balaban J connectivity index is 1.81. The van der Waals surface area contributed by atoms with Crippen molar-refractivity contribution >= 4 is 11.6 Å². The van der Waals surface area contributed by atoms with E-state index in [9.17, 15) is 24.9 Å². The van der Waals surface area contributed by atoms with Crippen LogP contribution >= 0.6 is 0 Å². The van der Waals surface area contributed by atoms with E-state index in [4.69, 9.17) is 0 Å². The molecule has 5 heteroatoms. The summed E-state index contributed by atoms with van der Waals surface area (Å²) in [6.07, 6.45) is 3.24. The second-order valence-electron chi connectivity index (χ2n) is 8.55. The molecule has 0 radical (unpaired) electrons. The SMILES string of the molecule is C[C@]12CC[C@H]3[C@@H](CC(=O)C4=C(O)[C@@H](O)CC[C@@]43CO)[C@@H]1CCC2=O. The summed E-state index contributed by atoms with van der Waals surface area (Å²) in [6.45, 7) is 1.87. The van der Waals surface area contributed by atoms with E-state index in [0.29, 0.717) is 31.5 Å². The van der Waals surface area contributed by atoms with Gasteiger partial charge < -0.3 is 15.3 Å². The van der Waals surface area contributed by atoms with Crippen LogP contribution < -0.4 is 0 Å². The van der Waals surface area contributed by atoms with Crippen LogP contribution in [0, 0.1) is 28.6 Å². The molecule has 3 N–H and O–H groups in total. The Morgan fingerprint density at radius 1 is 1.12 bits per heavy atom. The number of hydrogen-bond acceptors (Lipinski definition) is 5. The molecule has 0 saturated heterocycles. The largest absolute Gasteiger partial charge is 0.509 e.